The van der Waals surface area contributed by atoms with E-state index < -0.39 is 31.6 Å². The Balaban J connectivity index is 1.46. The van der Waals surface area contributed by atoms with Crippen molar-refractivity contribution in [3.63, 3.8) is 0 Å². The number of fused-ring (bicyclic) bond motifs is 3. The van der Waals surface area contributed by atoms with E-state index in [-0.39, 0.29) is 30.9 Å². The van der Waals surface area contributed by atoms with Gasteiger partial charge in [0.05, 0.1) is 25.2 Å². The Morgan fingerprint density at radius 3 is 2.59 bits per heavy atom. The summed E-state index contributed by atoms with van der Waals surface area (Å²) in [5.74, 6) is -0.895. The summed E-state index contributed by atoms with van der Waals surface area (Å²) in [6, 6.07) is 14.9. The molecule has 6 nitrogen and oxygen atoms in total. The monoisotopic (exact) mass is 482 g/mol. The summed E-state index contributed by atoms with van der Waals surface area (Å²) >= 11 is 0. The average molecular weight is 483 g/mol. The number of carbonyl (C=O) groups is 2. The number of rotatable bonds is 4. The minimum absolute atomic E-state index is 0.0226. The number of hydrogen-bond acceptors (Lipinski definition) is 4. The first-order valence-electron chi connectivity index (χ1n) is 11.9. The second-order valence-corrected chi connectivity index (χ2v) is 14.1. The van der Waals surface area contributed by atoms with Crippen LogP contribution in [0.4, 0.5) is 9.80 Å². The highest BCUT2D eigenvalue weighted by molar-refractivity contribution is 6.72. The Kier molecular flexibility index (Phi) is 5.65. The average Bonchev–Trinajstić information content (AvgIpc) is 3.26. The minimum atomic E-state index is -3.32. The molecule has 0 radical (unpaired) electrons. The fraction of sp³-hybridized carbons (Fsp3) is 0.462. The van der Waals surface area contributed by atoms with Crippen LogP contribution in [0.3, 0.4) is 0 Å². The van der Waals surface area contributed by atoms with E-state index in [1.807, 2.05) is 55.5 Å². The summed E-state index contributed by atoms with van der Waals surface area (Å²) in [5, 5.41) is 12.9. The Hall–Kier alpha value is -2.55. The molecular formula is C26H31FN2O4Si. The molecule has 1 spiro atoms. The molecule has 2 N–H and O–H groups in total. The Labute approximate surface area is 200 Å². The minimum Gasteiger partial charge on any atom is -0.394 e. The van der Waals surface area contributed by atoms with E-state index in [4.69, 9.17) is 4.74 Å². The molecule has 2 amide bonds. The molecule has 34 heavy (non-hydrogen) atoms. The van der Waals surface area contributed by atoms with Crippen LogP contribution in [-0.2, 0) is 32.9 Å². The summed E-state index contributed by atoms with van der Waals surface area (Å²) in [7, 11) is -3.32. The lowest BCUT2D eigenvalue weighted by molar-refractivity contribution is -0.149. The maximum atomic E-state index is 15.7. The van der Waals surface area contributed by atoms with Crippen LogP contribution < -0.4 is 5.32 Å². The van der Waals surface area contributed by atoms with E-state index in [2.05, 4.69) is 5.32 Å². The Morgan fingerprint density at radius 1 is 1.21 bits per heavy atom. The molecule has 2 aromatic carbocycles. The smallest absolute Gasteiger partial charge is 0.261 e. The molecule has 1 fully saturated rings. The lowest BCUT2D eigenvalue weighted by Crippen LogP contribution is -2.48. The normalized spacial score (nSPS) is 30.3. The van der Waals surface area contributed by atoms with Crippen LogP contribution in [0.5, 0.6) is 0 Å². The molecule has 0 bridgehead atoms. The van der Waals surface area contributed by atoms with Crippen LogP contribution >= 0.6 is 0 Å². The molecule has 8 heteroatoms. The van der Waals surface area contributed by atoms with Crippen LogP contribution in [0, 0.1) is 5.92 Å². The summed E-state index contributed by atoms with van der Waals surface area (Å²) in [5.41, 5.74) is 1.75. The maximum absolute atomic E-state index is 15.7. The Bertz CT molecular complexity index is 1140. The summed E-state index contributed by atoms with van der Waals surface area (Å²) in [4.78, 5) is 28.5. The zero-order valence-electron chi connectivity index (χ0n) is 19.8. The fourth-order valence-electron chi connectivity index (χ4n) is 6.35. The van der Waals surface area contributed by atoms with E-state index in [9.17, 15) is 14.7 Å². The van der Waals surface area contributed by atoms with Gasteiger partial charge in [-0.2, -0.15) is 0 Å². The molecule has 5 rings (SSSR count). The van der Waals surface area contributed by atoms with Crippen LogP contribution in [0.25, 0.3) is 0 Å². The number of nitrogens with one attached hydrogen (secondary N) is 1. The SMILES string of the molecule is C[C@@H]1[C@@H]([Si](C)(C)F)[C@H](CC(=O)N2Cc3ccccc3C[C@H]2CO)O[C@@]12C(=O)Nc1ccccc12. The third kappa shape index (κ3) is 3.51. The molecule has 0 saturated carbocycles. The number of hydrogen-bond donors (Lipinski definition) is 2. The van der Waals surface area contributed by atoms with Gasteiger partial charge in [-0.1, -0.05) is 49.4 Å². The van der Waals surface area contributed by atoms with E-state index in [1.165, 1.54) is 0 Å². The van der Waals surface area contributed by atoms with Crippen LogP contribution in [0.2, 0.25) is 18.6 Å². The molecule has 0 aliphatic carbocycles. The molecule has 180 valence electrons. The van der Waals surface area contributed by atoms with Crippen molar-refractivity contribution in [2.75, 3.05) is 11.9 Å². The number of halogens is 1. The van der Waals surface area contributed by atoms with Crippen molar-refractivity contribution in [1.29, 1.82) is 0 Å². The van der Waals surface area contributed by atoms with Gasteiger partial charge < -0.3 is 24.2 Å². The summed E-state index contributed by atoms with van der Waals surface area (Å²) in [6.45, 7) is 5.38. The van der Waals surface area contributed by atoms with E-state index in [0.717, 1.165) is 11.1 Å². The van der Waals surface area contributed by atoms with E-state index >= 15 is 4.11 Å². The Morgan fingerprint density at radius 2 is 1.88 bits per heavy atom. The molecule has 3 heterocycles. The van der Waals surface area contributed by atoms with Crippen molar-refractivity contribution in [3.05, 3.63) is 65.2 Å². The summed E-state index contributed by atoms with van der Waals surface area (Å²) < 4.78 is 22.2. The largest absolute Gasteiger partial charge is 0.394 e. The van der Waals surface area contributed by atoms with Gasteiger partial charge >= 0.3 is 0 Å². The van der Waals surface area contributed by atoms with Crippen molar-refractivity contribution in [2.24, 2.45) is 5.92 Å². The standard InChI is InChI=1S/C26H31FN2O4Si/c1-16-24(34(2,3)27)22(33-26(16)20-10-6-7-11-21(20)28-25(26)32)13-23(31)29-14-18-9-5-4-8-17(18)12-19(29)15-30/h4-11,16,19,22,24,30H,12-15H2,1-3H3,(H,28,32)/t16-,19+,22+,24-,26+/m1/s1. The molecule has 3 aliphatic rings. The van der Waals surface area contributed by atoms with Gasteiger partial charge in [0.15, 0.2) is 5.60 Å². The zero-order chi connectivity index (χ0) is 24.3. The van der Waals surface area contributed by atoms with Crippen LogP contribution in [-0.4, -0.2) is 49.0 Å². The van der Waals surface area contributed by atoms with Crippen molar-refractivity contribution in [3.8, 4) is 0 Å². The number of para-hydroxylation sites is 1. The third-order valence-electron chi connectivity index (χ3n) is 7.89. The van der Waals surface area contributed by atoms with Crippen molar-refractivity contribution < 1.29 is 23.5 Å². The number of amides is 2. The van der Waals surface area contributed by atoms with Crippen LogP contribution in [0.15, 0.2) is 48.5 Å². The first-order chi connectivity index (χ1) is 16.2. The highest BCUT2D eigenvalue weighted by Crippen LogP contribution is 2.58. The number of carbonyl (C=O) groups excluding carboxylic acids is 2. The highest BCUT2D eigenvalue weighted by Gasteiger charge is 2.65. The van der Waals surface area contributed by atoms with Crippen molar-refractivity contribution in [2.45, 2.75) is 62.7 Å². The van der Waals surface area contributed by atoms with Crippen molar-refractivity contribution in [1.82, 2.24) is 4.90 Å². The van der Waals surface area contributed by atoms with Gasteiger partial charge in [0.2, 0.25) is 14.3 Å². The van der Waals surface area contributed by atoms with Gasteiger partial charge in [-0.05, 0) is 36.7 Å². The van der Waals surface area contributed by atoms with E-state index in [0.29, 0.717) is 24.2 Å². The number of aliphatic hydroxyl groups is 1. The number of benzene rings is 2. The van der Waals surface area contributed by atoms with E-state index in [1.54, 1.807) is 18.0 Å². The van der Waals surface area contributed by atoms with Gasteiger partial charge in [-0.15, -0.1) is 0 Å². The molecule has 0 aromatic heterocycles. The van der Waals surface area contributed by atoms with Crippen LogP contribution in [0.1, 0.15) is 30.0 Å². The van der Waals surface area contributed by atoms with Gasteiger partial charge in [-0.25, -0.2) is 0 Å². The lowest BCUT2D eigenvalue weighted by atomic mass is 9.82. The fourth-order valence-corrected chi connectivity index (χ4v) is 8.85. The zero-order valence-corrected chi connectivity index (χ0v) is 20.8. The van der Waals surface area contributed by atoms with Crippen molar-refractivity contribution >= 4 is 25.9 Å². The quantitative estimate of drug-likeness (QED) is 0.514. The molecule has 2 aromatic rings. The molecular weight excluding hydrogens is 451 g/mol. The first kappa shape index (κ1) is 23.2. The van der Waals surface area contributed by atoms with Gasteiger partial charge in [0.1, 0.15) is 0 Å². The number of nitrogens with zero attached hydrogens (tertiary/aromatic N) is 1. The number of anilines is 1. The van der Waals surface area contributed by atoms with Gasteiger partial charge in [0.25, 0.3) is 5.91 Å². The molecule has 0 unspecified atom stereocenters. The second-order valence-electron chi connectivity index (χ2n) is 10.3. The molecule has 1 saturated heterocycles. The third-order valence-corrected chi connectivity index (χ3v) is 10.3. The predicted molar refractivity (Wildman–Crippen MR) is 129 cm³/mol. The lowest BCUT2D eigenvalue weighted by Gasteiger charge is -2.37. The second kappa shape index (κ2) is 8.29. The molecule has 5 atom stereocenters. The maximum Gasteiger partial charge on any atom is 0.261 e. The van der Waals surface area contributed by atoms with Gasteiger partial charge in [0, 0.05) is 29.3 Å². The highest BCUT2D eigenvalue weighted by atomic mass is 28.4. The first-order valence-corrected chi connectivity index (χ1v) is 14.9. The number of ether oxygens (including phenoxy) is 1. The molecule has 3 aliphatic heterocycles. The predicted octanol–water partition coefficient (Wildman–Crippen LogP) is 3.75. The number of aliphatic hydroxyl groups excluding tert-OH is 1. The summed E-state index contributed by atoms with van der Waals surface area (Å²) in [6.07, 6.45) is -0.166. The van der Waals surface area contributed by atoms with Gasteiger partial charge in [-0.3, -0.25) is 9.59 Å². The topological polar surface area (TPSA) is 78.9 Å².